The Labute approximate surface area is 146 Å². The van der Waals surface area contributed by atoms with Crippen molar-refractivity contribution in [3.05, 3.63) is 47.9 Å². The van der Waals surface area contributed by atoms with Crippen molar-refractivity contribution in [2.75, 3.05) is 17.6 Å². The molecule has 1 fully saturated rings. The minimum absolute atomic E-state index is 0.0960. The summed E-state index contributed by atoms with van der Waals surface area (Å²) in [6, 6.07) is 5.38. The fraction of sp³-hybridized carbons (Fsp3) is 0.333. The molecule has 1 aliphatic heterocycles. The van der Waals surface area contributed by atoms with Gasteiger partial charge in [-0.25, -0.2) is 4.98 Å². The topological polar surface area (TPSA) is 101 Å². The Kier molecular flexibility index (Phi) is 4.92. The summed E-state index contributed by atoms with van der Waals surface area (Å²) in [6.07, 6.45) is 7.61. The second-order valence-electron chi connectivity index (χ2n) is 6.17. The number of anilines is 2. The molecule has 7 heteroatoms. The van der Waals surface area contributed by atoms with Crippen LogP contribution in [0.1, 0.15) is 36.4 Å². The van der Waals surface area contributed by atoms with Crippen molar-refractivity contribution in [1.82, 2.24) is 14.9 Å². The molecule has 0 aliphatic carbocycles. The third-order valence-corrected chi connectivity index (χ3v) is 4.43. The van der Waals surface area contributed by atoms with Gasteiger partial charge >= 0.3 is 11.8 Å². The highest BCUT2D eigenvalue weighted by atomic mass is 16.2. The molecule has 3 rings (SSSR count). The van der Waals surface area contributed by atoms with E-state index in [0.29, 0.717) is 18.1 Å². The number of rotatable bonds is 2. The summed E-state index contributed by atoms with van der Waals surface area (Å²) < 4.78 is 0. The van der Waals surface area contributed by atoms with Crippen LogP contribution in [0.4, 0.5) is 11.5 Å². The van der Waals surface area contributed by atoms with E-state index in [4.69, 9.17) is 5.73 Å². The lowest BCUT2D eigenvalue weighted by Crippen LogP contribution is -2.44. The minimum atomic E-state index is -0.660. The zero-order valence-electron chi connectivity index (χ0n) is 14.1. The van der Waals surface area contributed by atoms with Gasteiger partial charge in [0.2, 0.25) is 0 Å². The van der Waals surface area contributed by atoms with E-state index in [-0.39, 0.29) is 6.04 Å². The third kappa shape index (κ3) is 3.76. The van der Waals surface area contributed by atoms with Gasteiger partial charge in [-0.3, -0.25) is 14.6 Å². The van der Waals surface area contributed by atoms with Gasteiger partial charge in [0.1, 0.15) is 5.82 Å². The number of hydrogen-bond donors (Lipinski definition) is 2. The lowest BCUT2D eigenvalue weighted by molar-refractivity contribution is -0.145. The van der Waals surface area contributed by atoms with Gasteiger partial charge in [0.15, 0.2) is 0 Å². The fourth-order valence-corrected chi connectivity index (χ4v) is 3.08. The first-order chi connectivity index (χ1) is 12.1. The molecule has 25 heavy (non-hydrogen) atoms. The fourth-order valence-electron chi connectivity index (χ4n) is 3.08. The normalized spacial score (nSPS) is 17.2. The highest BCUT2D eigenvalue weighted by Crippen LogP contribution is 2.30. The highest BCUT2D eigenvalue weighted by Gasteiger charge is 2.31. The first kappa shape index (κ1) is 16.9. The van der Waals surface area contributed by atoms with Gasteiger partial charge in [-0.15, -0.1) is 0 Å². The van der Waals surface area contributed by atoms with E-state index in [1.54, 1.807) is 30.3 Å². The summed E-state index contributed by atoms with van der Waals surface area (Å²) in [7, 11) is 0. The Bertz CT molecular complexity index is 778. The molecule has 0 spiro atoms. The Hall–Kier alpha value is -2.96. The summed E-state index contributed by atoms with van der Waals surface area (Å²) in [5.74, 6) is -0.791. The average Bonchev–Trinajstić information content (AvgIpc) is 2.65. The summed E-state index contributed by atoms with van der Waals surface area (Å²) in [5, 5.41) is 2.62. The lowest BCUT2D eigenvalue weighted by atomic mass is 9.96. The predicted octanol–water partition coefficient (Wildman–Crippen LogP) is 2.06. The number of aromatic nitrogens is 2. The number of likely N-dealkylation sites (tertiary alicyclic amines) is 1. The van der Waals surface area contributed by atoms with Crippen molar-refractivity contribution in [2.24, 2.45) is 0 Å². The van der Waals surface area contributed by atoms with E-state index in [0.717, 1.165) is 30.4 Å². The molecule has 2 aromatic rings. The van der Waals surface area contributed by atoms with Crippen LogP contribution in [0.2, 0.25) is 0 Å². The summed E-state index contributed by atoms with van der Waals surface area (Å²) in [5.41, 5.74) is 7.88. The van der Waals surface area contributed by atoms with Crippen molar-refractivity contribution in [3.8, 4) is 0 Å². The molecule has 2 aromatic heterocycles. The maximum atomic E-state index is 12.7. The maximum absolute atomic E-state index is 12.7. The molecule has 1 saturated heterocycles. The Morgan fingerprint density at radius 3 is 2.76 bits per heavy atom. The van der Waals surface area contributed by atoms with Crippen LogP contribution in [0.15, 0.2) is 36.8 Å². The van der Waals surface area contributed by atoms with Crippen LogP contribution in [0.25, 0.3) is 0 Å². The zero-order valence-corrected chi connectivity index (χ0v) is 14.1. The number of piperidine rings is 1. The number of nitrogens with zero attached hydrogens (tertiary/aromatic N) is 3. The Balaban J connectivity index is 1.75. The number of pyridine rings is 2. The van der Waals surface area contributed by atoms with Crippen molar-refractivity contribution in [3.63, 3.8) is 0 Å². The van der Waals surface area contributed by atoms with E-state index in [1.165, 1.54) is 6.20 Å². The molecule has 130 valence electrons. The largest absolute Gasteiger partial charge is 0.383 e. The van der Waals surface area contributed by atoms with Crippen LogP contribution >= 0.6 is 0 Å². The smallest absolute Gasteiger partial charge is 0.313 e. The highest BCUT2D eigenvalue weighted by molar-refractivity contribution is 6.39. The molecular weight excluding hydrogens is 318 g/mol. The Morgan fingerprint density at radius 1 is 1.28 bits per heavy atom. The van der Waals surface area contributed by atoms with Gasteiger partial charge in [0, 0.05) is 18.9 Å². The average molecular weight is 339 g/mol. The van der Waals surface area contributed by atoms with Crippen LogP contribution in [0.5, 0.6) is 0 Å². The first-order valence-corrected chi connectivity index (χ1v) is 8.30. The first-order valence-electron chi connectivity index (χ1n) is 8.30. The van der Waals surface area contributed by atoms with E-state index >= 15 is 0 Å². The summed E-state index contributed by atoms with van der Waals surface area (Å²) in [4.78, 5) is 34.8. The van der Waals surface area contributed by atoms with Gasteiger partial charge in [0.05, 0.1) is 17.9 Å². The number of carbonyl (C=O) groups excluding carboxylic acids is 2. The lowest BCUT2D eigenvalue weighted by Gasteiger charge is -2.35. The van der Waals surface area contributed by atoms with E-state index in [2.05, 4.69) is 15.3 Å². The molecule has 0 unspecified atom stereocenters. The third-order valence-electron chi connectivity index (χ3n) is 4.43. The molecule has 1 atom stereocenters. The van der Waals surface area contributed by atoms with Gasteiger partial charge in [-0.1, -0.05) is 0 Å². The van der Waals surface area contributed by atoms with Crippen molar-refractivity contribution in [2.45, 2.75) is 32.2 Å². The molecule has 7 nitrogen and oxygen atoms in total. The van der Waals surface area contributed by atoms with E-state index < -0.39 is 11.8 Å². The van der Waals surface area contributed by atoms with Crippen LogP contribution in [-0.2, 0) is 9.59 Å². The minimum Gasteiger partial charge on any atom is -0.383 e. The molecule has 0 radical (unpaired) electrons. The Morgan fingerprint density at radius 2 is 2.04 bits per heavy atom. The molecule has 2 amide bonds. The summed E-state index contributed by atoms with van der Waals surface area (Å²) >= 11 is 0. The van der Waals surface area contributed by atoms with Crippen LogP contribution < -0.4 is 11.1 Å². The number of nitrogen functional groups attached to an aromatic ring is 1. The van der Waals surface area contributed by atoms with E-state index in [1.807, 2.05) is 12.1 Å². The van der Waals surface area contributed by atoms with Gasteiger partial charge in [-0.05, 0) is 55.5 Å². The van der Waals surface area contributed by atoms with Crippen molar-refractivity contribution >= 4 is 23.3 Å². The monoisotopic (exact) mass is 339 g/mol. The molecule has 3 N–H and O–H groups in total. The second-order valence-corrected chi connectivity index (χ2v) is 6.17. The quantitative estimate of drug-likeness (QED) is 0.816. The van der Waals surface area contributed by atoms with Crippen LogP contribution in [-0.4, -0.2) is 33.2 Å². The van der Waals surface area contributed by atoms with E-state index in [9.17, 15) is 9.59 Å². The number of nitrogens with one attached hydrogen (secondary N) is 1. The number of amides is 2. The van der Waals surface area contributed by atoms with Gasteiger partial charge in [-0.2, -0.15) is 0 Å². The standard InChI is InChI=1S/C18H21N5O2/c1-12-10-14(11-21-16(12)19)22-17(24)18(25)23-9-3-2-4-15(23)13-5-7-20-8-6-13/h5-8,10-11,15H,2-4,9H2,1H3,(H2,19,21)(H,22,24)/t15-/m0/s1. The van der Waals surface area contributed by atoms with Crippen LogP contribution in [0.3, 0.4) is 0 Å². The predicted molar refractivity (Wildman–Crippen MR) is 94.6 cm³/mol. The number of carbonyl (C=O) groups is 2. The number of hydrogen-bond acceptors (Lipinski definition) is 5. The molecular formula is C18H21N5O2. The molecule has 0 bridgehead atoms. The molecule has 0 aromatic carbocycles. The molecule has 1 aliphatic rings. The number of nitrogens with two attached hydrogens (primary N) is 1. The van der Waals surface area contributed by atoms with Gasteiger partial charge in [0.25, 0.3) is 0 Å². The maximum Gasteiger partial charge on any atom is 0.313 e. The van der Waals surface area contributed by atoms with Crippen molar-refractivity contribution < 1.29 is 9.59 Å². The molecule has 0 saturated carbocycles. The van der Waals surface area contributed by atoms with Crippen LogP contribution in [0, 0.1) is 6.92 Å². The SMILES string of the molecule is Cc1cc(NC(=O)C(=O)N2CCCC[C@H]2c2ccncc2)cnc1N. The summed E-state index contributed by atoms with van der Waals surface area (Å²) in [6.45, 7) is 2.36. The molecule has 3 heterocycles. The van der Waals surface area contributed by atoms with Gasteiger partial charge < -0.3 is 16.0 Å². The second kappa shape index (κ2) is 7.29. The van der Waals surface area contributed by atoms with Crippen molar-refractivity contribution in [1.29, 1.82) is 0 Å². The number of aryl methyl sites for hydroxylation is 1. The zero-order chi connectivity index (χ0) is 17.8.